The number of rotatable bonds is 11. The van der Waals surface area contributed by atoms with E-state index in [0.29, 0.717) is 29.8 Å². The number of benzene rings is 1. The standard InChI is InChI=1S/C26H35ClN4O3/c1-4-7-11-19(6-3)26(33)30(15-5-2)18-23(32)31-16-9-8-14-22(31)25-28-24(29-34-25)20-12-10-13-21(27)17-20/h5,10,12-13,17,19,22H,2,4,6-9,11,14-16,18H2,1,3H3/t19-,22-/m0/s1. The van der Waals surface area contributed by atoms with Crippen LogP contribution in [0.2, 0.25) is 5.02 Å². The van der Waals surface area contributed by atoms with Gasteiger partial charge in [-0.3, -0.25) is 9.59 Å². The van der Waals surface area contributed by atoms with Crippen LogP contribution >= 0.6 is 11.6 Å². The van der Waals surface area contributed by atoms with Crippen LogP contribution in [0.5, 0.6) is 0 Å². The molecular formula is C26H35ClN4O3. The summed E-state index contributed by atoms with van der Waals surface area (Å²) in [7, 11) is 0. The van der Waals surface area contributed by atoms with E-state index in [9.17, 15) is 9.59 Å². The molecule has 1 aliphatic heterocycles. The van der Waals surface area contributed by atoms with Gasteiger partial charge in [-0.2, -0.15) is 4.98 Å². The highest BCUT2D eigenvalue weighted by atomic mass is 35.5. The summed E-state index contributed by atoms with van der Waals surface area (Å²) in [5.41, 5.74) is 0.761. The van der Waals surface area contributed by atoms with E-state index in [2.05, 4.69) is 23.6 Å². The van der Waals surface area contributed by atoms with Crippen molar-refractivity contribution in [3.63, 3.8) is 0 Å². The fourth-order valence-electron chi connectivity index (χ4n) is 4.46. The van der Waals surface area contributed by atoms with Crippen LogP contribution in [0.25, 0.3) is 11.4 Å². The number of aromatic nitrogens is 2. The average Bonchev–Trinajstić information content (AvgIpc) is 3.34. The lowest BCUT2D eigenvalue weighted by atomic mass is 9.97. The van der Waals surface area contributed by atoms with Crippen LogP contribution in [0.15, 0.2) is 41.4 Å². The number of likely N-dealkylation sites (tertiary alicyclic amines) is 1. The molecule has 1 saturated heterocycles. The van der Waals surface area contributed by atoms with Crippen molar-refractivity contribution in [3.8, 4) is 11.4 Å². The molecule has 184 valence electrons. The van der Waals surface area contributed by atoms with Gasteiger partial charge < -0.3 is 14.3 Å². The number of halogens is 1. The largest absolute Gasteiger partial charge is 0.337 e. The van der Waals surface area contributed by atoms with Gasteiger partial charge in [0.2, 0.25) is 23.5 Å². The van der Waals surface area contributed by atoms with E-state index in [4.69, 9.17) is 16.1 Å². The van der Waals surface area contributed by atoms with E-state index in [1.54, 1.807) is 28.0 Å². The molecule has 1 aromatic carbocycles. The minimum Gasteiger partial charge on any atom is -0.337 e. The molecule has 2 aromatic rings. The Morgan fingerprint density at radius 2 is 2.18 bits per heavy atom. The highest BCUT2D eigenvalue weighted by Crippen LogP contribution is 2.32. The number of hydrogen-bond donors (Lipinski definition) is 0. The van der Waals surface area contributed by atoms with E-state index in [1.807, 2.05) is 19.1 Å². The Morgan fingerprint density at radius 3 is 2.88 bits per heavy atom. The van der Waals surface area contributed by atoms with Gasteiger partial charge in [-0.1, -0.05) is 61.7 Å². The number of amides is 2. The molecule has 7 nitrogen and oxygen atoms in total. The van der Waals surface area contributed by atoms with Gasteiger partial charge >= 0.3 is 0 Å². The number of hydrogen-bond acceptors (Lipinski definition) is 5. The third-order valence-corrected chi connectivity index (χ3v) is 6.60. The molecule has 2 amide bonds. The highest BCUT2D eigenvalue weighted by molar-refractivity contribution is 6.30. The monoisotopic (exact) mass is 486 g/mol. The molecule has 0 radical (unpaired) electrons. The second-order valence-electron chi connectivity index (χ2n) is 8.82. The van der Waals surface area contributed by atoms with Gasteiger partial charge in [0.25, 0.3) is 0 Å². The Balaban J connectivity index is 1.75. The molecule has 2 atom stereocenters. The van der Waals surface area contributed by atoms with Gasteiger partial charge in [-0.05, 0) is 44.2 Å². The van der Waals surface area contributed by atoms with Crippen LogP contribution in [0, 0.1) is 5.92 Å². The summed E-state index contributed by atoms with van der Waals surface area (Å²) in [6.45, 7) is 8.91. The van der Waals surface area contributed by atoms with Crippen LogP contribution in [-0.4, -0.2) is 51.4 Å². The first-order valence-electron chi connectivity index (χ1n) is 12.3. The van der Waals surface area contributed by atoms with Gasteiger partial charge in [0, 0.05) is 29.6 Å². The minimum atomic E-state index is -0.301. The summed E-state index contributed by atoms with van der Waals surface area (Å²) in [6.07, 6.45) is 7.94. The van der Waals surface area contributed by atoms with Gasteiger partial charge in [0.05, 0.1) is 0 Å². The Bertz CT molecular complexity index is 976. The predicted molar refractivity (Wildman–Crippen MR) is 133 cm³/mol. The molecule has 1 aliphatic rings. The average molecular weight is 487 g/mol. The third-order valence-electron chi connectivity index (χ3n) is 6.37. The van der Waals surface area contributed by atoms with Crippen LogP contribution < -0.4 is 0 Å². The molecular weight excluding hydrogens is 452 g/mol. The molecule has 1 fully saturated rings. The number of nitrogens with zero attached hydrogens (tertiary/aromatic N) is 4. The molecule has 3 rings (SSSR count). The summed E-state index contributed by atoms with van der Waals surface area (Å²) < 4.78 is 5.58. The molecule has 0 bridgehead atoms. The normalized spacial score (nSPS) is 16.8. The van der Waals surface area contributed by atoms with Crippen molar-refractivity contribution in [1.82, 2.24) is 19.9 Å². The van der Waals surface area contributed by atoms with Crippen molar-refractivity contribution in [1.29, 1.82) is 0 Å². The predicted octanol–water partition coefficient (Wildman–Crippen LogP) is 5.67. The number of piperidine rings is 1. The topological polar surface area (TPSA) is 79.5 Å². The number of carbonyl (C=O) groups is 2. The summed E-state index contributed by atoms with van der Waals surface area (Å²) in [4.78, 5) is 34.6. The zero-order valence-corrected chi connectivity index (χ0v) is 21.0. The quantitative estimate of drug-likeness (QED) is 0.382. The molecule has 0 saturated carbocycles. The Morgan fingerprint density at radius 1 is 1.35 bits per heavy atom. The summed E-state index contributed by atoms with van der Waals surface area (Å²) in [5.74, 6) is 0.715. The zero-order chi connectivity index (χ0) is 24.5. The second-order valence-corrected chi connectivity index (χ2v) is 9.26. The first kappa shape index (κ1) is 25.9. The minimum absolute atomic E-state index is 0.0267. The summed E-state index contributed by atoms with van der Waals surface area (Å²) in [5, 5.41) is 4.71. The Kier molecular flexibility index (Phi) is 9.69. The number of unbranched alkanes of at least 4 members (excludes halogenated alkanes) is 1. The first-order valence-corrected chi connectivity index (χ1v) is 12.6. The van der Waals surface area contributed by atoms with Crippen LogP contribution in [0.1, 0.15) is 70.7 Å². The fraction of sp³-hybridized carbons (Fsp3) is 0.538. The zero-order valence-electron chi connectivity index (χ0n) is 20.2. The molecule has 1 aromatic heterocycles. The lowest BCUT2D eigenvalue weighted by molar-refractivity contribution is -0.145. The maximum Gasteiger partial charge on any atom is 0.249 e. The molecule has 2 heterocycles. The third kappa shape index (κ3) is 6.47. The molecule has 0 N–H and O–H groups in total. The van der Waals surface area contributed by atoms with E-state index >= 15 is 0 Å². The lowest BCUT2D eigenvalue weighted by Gasteiger charge is -2.35. The molecule has 0 aliphatic carbocycles. The van der Waals surface area contributed by atoms with Crippen molar-refractivity contribution < 1.29 is 14.1 Å². The van der Waals surface area contributed by atoms with Gasteiger partial charge in [0.1, 0.15) is 12.6 Å². The van der Waals surface area contributed by atoms with Crippen molar-refractivity contribution in [2.45, 2.75) is 64.8 Å². The summed E-state index contributed by atoms with van der Waals surface area (Å²) >= 11 is 6.10. The fourth-order valence-corrected chi connectivity index (χ4v) is 4.65. The maximum absolute atomic E-state index is 13.4. The second kappa shape index (κ2) is 12.7. The van der Waals surface area contributed by atoms with Crippen LogP contribution in [0.3, 0.4) is 0 Å². The lowest BCUT2D eigenvalue weighted by Crippen LogP contribution is -2.47. The van der Waals surface area contributed by atoms with E-state index in [1.165, 1.54) is 0 Å². The van der Waals surface area contributed by atoms with Crippen molar-refractivity contribution in [2.75, 3.05) is 19.6 Å². The SMILES string of the molecule is C=CCN(CC(=O)N1CCCC[C@H]1c1nc(-c2cccc(Cl)c2)no1)C(=O)[C@@H](CC)CCCC. The molecule has 8 heteroatoms. The van der Waals surface area contributed by atoms with Gasteiger partial charge in [-0.25, -0.2) is 0 Å². The molecule has 0 unspecified atom stereocenters. The maximum atomic E-state index is 13.4. The van der Waals surface area contributed by atoms with Gasteiger partial charge in [0.15, 0.2) is 0 Å². The summed E-state index contributed by atoms with van der Waals surface area (Å²) in [6, 6.07) is 6.96. The van der Waals surface area contributed by atoms with Crippen molar-refractivity contribution in [3.05, 3.63) is 47.8 Å². The molecule has 34 heavy (non-hydrogen) atoms. The van der Waals surface area contributed by atoms with E-state index in [-0.39, 0.29) is 30.3 Å². The van der Waals surface area contributed by atoms with Crippen LogP contribution in [-0.2, 0) is 9.59 Å². The Hall–Kier alpha value is -2.67. The van der Waals surface area contributed by atoms with E-state index in [0.717, 1.165) is 50.5 Å². The smallest absolute Gasteiger partial charge is 0.249 e. The van der Waals surface area contributed by atoms with E-state index < -0.39 is 0 Å². The Labute approximate surface area is 207 Å². The van der Waals surface area contributed by atoms with Crippen molar-refractivity contribution >= 4 is 23.4 Å². The van der Waals surface area contributed by atoms with Crippen molar-refractivity contribution in [2.24, 2.45) is 5.92 Å². The first-order chi connectivity index (χ1) is 16.5. The van der Waals surface area contributed by atoms with Gasteiger partial charge in [-0.15, -0.1) is 6.58 Å². The highest BCUT2D eigenvalue weighted by Gasteiger charge is 2.34. The molecule has 0 spiro atoms. The number of carbonyl (C=O) groups excluding carboxylic acids is 2. The van der Waals surface area contributed by atoms with Crippen LogP contribution in [0.4, 0.5) is 0 Å².